The van der Waals surface area contributed by atoms with E-state index in [1.807, 2.05) is 46.2 Å². The Bertz CT molecular complexity index is 1140. The molecule has 2 amide bonds. The van der Waals surface area contributed by atoms with Crippen LogP contribution in [0.3, 0.4) is 0 Å². The second-order valence-corrected chi connectivity index (χ2v) is 10.9. The SMILES string of the molecule is CC(C)CN(CC(=O)N1CCc2sccc2[C@H]1c1ccccc1)C(=O)[C@@H]1C[C@H]1c1ccccc1. The topological polar surface area (TPSA) is 40.6 Å². The summed E-state index contributed by atoms with van der Waals surface area (Å²) in [6, 6.07) is 22.6. The first-order chi connectivity index (χ1) is 16.5. The molecule has 34 heavy (non-hydrogen) atoms. The number of carbonyl (C=O) groups excluding carboxylic acids is 2. The molecule has 2 heterocycles. The monoisotopic (exact) mass is 472 g/mol. The molecule has 2 aromatic carbocycles. The zero-order valence-corrected chi connectivity index (χ0v) is 20.7. The van der Waals surface area contributed by atoms with Gasteiger partial charge in [-0.05, 0) is 52.8 Å². The summed E-state index contributed by atoms with van der Waals surface area (Å²) in [5, 5.41) is 2.12. The summed E-state index contributed by atoms with van der Waals surface area (Å²) in [6.07, 6.45) is 1.75. The van der Waals surface area contributed by atoms with E-state index in [1.165, 1.54) is 16.0 Å². The maximum Gasteiger partial charge on any atom is 0.242 e. The molecule has 1 aliphatic heterocycles. The van der Waals surface area contributed by atoms with E-state index in [-0.39, 0.29) is 36.2 Å². The normalized spacial score (nSPS) is 21.3. The Hall–Kier alpha value is -2.92. The highest BCUT2D eigenvalue weighted by molar-refractivity contribution is 7.10. The first-order valence-electron chi connectivity index (χ1n) is 12.3. The van der Waals surface area contributed by atoms with Crippen LogP contribution in [0.5, 0.6) is 0 Å². The van der Waals surface area contributed by atoms with Crippen LogP contribution in [-0.4, -0.2) is 41.2 Å². The van der Waals surface area contributed by atoms with E-state index in [0.717, 1.165) is 18.4 Å². The van der Waals surface area contributed by atoms with E-state index in [4.69, 9.17) is 0 Å². The molecule has 3 aromatic rings. The van der Waals surface area contributed by atoms with Crippen LogP contribution in [0.2, 0.25) is 0 Å². The van der Waals surface area contributed by atoms with Crippen molar-refractivity contribution < 1.29 is 9.59 Å². The molecule has 0 radical (unpaired) electrons. The van der Waals surface area contributed by atoms with Gasteiger partial charge in [0.15, 0.2) is 0 Å². The Morgan fingerprint density at radius 2 is 1.68 bits per heavy atom. The highest BCUT2D eigenvalue weighted by Gasteiger charge is 2.46. The molecular weight excluding hydrogens is 440 g/mol. The van der Waals surface area contributed by atoms with Crippen LogP contribution in [0.25, 0.3) is 0 Å². The molecule has 2 aliphatic rings. The minimum Gasteiger partial charge on any atom is -0.333 e. The standard InChI is InChI=1S/C29H32N2O2S/c1-20(2)18-30(29(33)25-17-24(25)21-9-5-3-6-10-21)19-27(32)31-15-13-26-23(14-16-34-26)28(31)22-11-7-4-8-12-22/h3-12,14,16,20,24-25,28H,13,15,17-19H2,1-2H3/t24-,25+,28+/m0/s1. The average molecular weight is 473 g/mol. The van der Waals surface area contributed by atoms with Gasteiger partial charge in [0.25, 0.3) is 0 Å². The van der Waals surface area contributed by atoms with E-state index in [2.05, 4.69) is 49.6 Å². The summed E-state index contributed by atoms with van der Waals surface area (Å²) in [5.41, 5.74) is 3.58. The van der Waals surface area contributed by atoms with E-state index in [9.17, 15) is 9.59 Å². The number of hydrogen-bond acceptors (Lipinski definition) is 3. The average Bonchev–Trinajstić information content (AvgIpc) is 3.51. The molecular formula is C29H32N2O2S. The van der Waals surface area contributed by atoms with Gasteiger partial charge >= 0.3 is 0 Å². The molecule has 0 bridgehead atoms. The lowest BCUT2D eigenvalue weighted by atomic mass is 9.93. The van der Waals surface area contributed by atoms with Crippen LogP contribution >= 0.6 is 11.3 Å². The molecule has 176 valence electrons. The van der Waals surface area contributed by atoms with E-state index in [0.29, 0.717) is 19.0 Å². The van der Waals surface area contributed by atoms with Crippen molar-refractivity contribution in [2.45, 2.75) is 38.6 Å². The number of fused-ring (bicyclic) bond motifs is 1. The van der Waals surface area contributed by atoms with Gasteiger partial charge in [-0.15, -0.1) is 11.3 Å². The van der Waals surface area contributed by atoms with Gasteiger partial charge in [0.2, 0.25) is 11.8 Å². The Morgan fingerprint density at radius 3 is 2.35 bits per heavy atom. The molecule has 0 spiro atoms. The molecule has 1 fully saturated rings. The first-order valence-corrected chi connectivity index (χ1v) is 13.1. The minimum absolute atomic E-state index is 0.0105. The zero-order valence-electron chi connectivity index (χ0n) is 19.9. The van der Waals surface area contributed by atoms with E-state index in [1.54, 1.807) is 11.3 Å². The Kier molecular flexibility index (Phi) is 6.55. The number of hydrogen-bond donors (Lipinski definition) is 0. The summed E-state index contributed by atoms with van der Waals surface area (Å²) in [5.74, 6) is 0.736. The third-order valence-electron chi connectivity index (χ3n) is 6.96. The largest absolute Gasteiger partial charge is 0.333 e. The van der Waals surface area contributed by atoms with Crippen molar-refractivity contribution >= 4 is 23.2 Å². The van der Waals surface area contributed by atoms with Crippen LogP contribution in [0.1, 0.15) is 53.8 Å². The quantitative estimate of drug-likeness (QED) is 0.455. The number of amides is 2. The van der Waals surface area contributed by atoms with E-state index < -0.39 is 0 Å². The number of benzene rings is 2. The summed E-state index contributed by atoms with van der Waals surface area (Å²) < 4.78 is 0. The van der Waals surface area contributed by atoms with Gasteiger partial charge in [0.05, 0.1) is 12.6 Å². The maximum absolute atomic E-state index is 13.7. The van der Waals surface area contributed by atoms with Crippen molar-refractivity contribution in [3.8, 4) is 0 Å². The number of carbonyl (C=O) groups is 2. The zero-order chi connectivity index (χ0) is 23.7. The van der Waals surface area contributed by atoms with Crippen LogP contribution in [-0.2, 0) is 16.0 Å². The van der Waals surface area contributed by atoms with Gasteiger partial charge in [0, 0.05) is 23.9 Å². The van der Waals surface area contributed by atoms with Gasteiger partial charge in [-0.1, -0.05) is 74.5 Å². The Labute approximate surface area is 206 Å². The fourth-order valence-electron chi connectivity index (χ4n) is 5.28. The molecule has 1 aromatic heterocycles. The summed E-state index contributed by atoms with van der Waals surface area (Å²) in [4.78, 5) is 32.4. The van der Waals surface area contributed by atoms with Gasteiger partial charge in [-0.25, -0.2) is 0 Å². The second kappa shape index (κ2) is 9.75. The van der Waals surface area contributed by atoms with Gasteiger partial charge < -0.3 is 9.80 Å². The van der Waals surface area contributed by atoms with Gasteiger partial charge in [0.1, 0.15) is 0 Å². The third kappa shape index (κ3) is 4.67. The number of nitrogens with zero attached hydrogens (tertiary/aromatic N) is 2. The minimum atomic E-state index is -0.0855. The third-order valence-corrected chi connectivity index (χ3v) is 7.96. The molecule has 0 saturated heterocycles. The lowest BCUT2D eigenvalue weighted by Gasteiger charge is -2.38. The lowest BCUT2D eigenvalue weighted by Crippen LogP contribution is -2.48. The van der Waals surface area contributed by atoms with Crippen molar-refractivity contribution in [2.75, 3.05) is 19.6 Å². The highest BCUT2D eigenvalue weighted by atomic mass is 32.1. The van der Waals surface area contributed by atoms with Crippen LogP contribution in [0.15, 0.2) is 72.1 Å². The van der Waals surface area contributed by atoms with Crippen molar-refractivity contribution in [2.24, 2.45) is 11.8 Å². The van der Waals surface area contributed by atoms with Crippen molar-refractivity contribution in [3.05, 3.63) is 93.7 Å². The predicted molar refractivity (Wildman–Crippen MR) is 137 cm³/mol. The fraction of sp³-hybridized carbons (Fsp3) is 0.379. The summed E-state index contributed by atoms with van der Waals surface area (Å²) >= 11 is 1.77. The number of rotatable bonds is 7. The molecule has 1 aliphatic carbocycles. The van der Waals surface area contributed by atoms with Crippen molar-refractivity contribution in [3.63, 3.8) is 0 Å². The summed E-state index contributed by atoms with van der Waals surface area (Å²) in [6.45, 7) is 5.66. The number of thiophene rings is 1. The highest BCUT2D eigenvalue weighted by Crippen LogP contribution is 2.48. The molecule has 1 saturated carbocycles. The molecule has 5 rings (SSSR count). The van der Waals surface area contributed by atoms with Crippen LogP contribution < -0.4 is 0 Å². The molecule has 3 atom stereocenters. The van der Waals surface area contributed by atoms with Crippen molar-refractivity contribution in [1.82, 2.24) is 9.80 Å². The summed E-state index contributed by atoms with van der Waals surface area (Å²) in [7, 11) is 0. The van der Waals surface area contributed by atoms with Crippen LogP contribution in [0, 0.1) is 11.8 Å². The van der Waals surface area contributed by atoms with Crippen molar-refractivity contribution in [1.29, 1.82) is 0 Å². The second-order valence-electron chi connectivity index (χ2n) is 9.92. The maximum atomic E-state index is 13.7. The predicted octanol–water partition coefficient (Wildman–Crippen LogP) is 5.51. The fourth-order valence-corrected chi connectivity index (χ4v) is 6.18. The molecule has 5 heteroatoms. The lowest BCUT2D eigenvalue weighted by molar-refractivity contribution is -0.142. The van der Waals surface area contributed by atoms with Gasteiger partial charge in [-0.2, -0.15) is 0 Å². The van der Waals surface area contributed by atoms with Crippen LogP contribution in [0.4, 0.5) is 0 Å². The molecule has 0 N–H and O–H groups in total. The smallest absolute Gasteiger partial charge is 0.242 e. The molecule has 0 unspecified atom stereocenters. The Morgan fingerprint density at radius 1 is 1.00 bits per heavy atom. The first kappa shape index (κ1) is 22.9. The van der Waals surface area contributed by atoms with Gasteiger partial charge in [-0.3, -0.25) is 9.59 Å². The molecule has 4 nitrogen and oxygen atoms in total. The van der Waals surface area contributed by atoms with E-state index >= 15 is 0 Å². The Balaban J connectivity index is 1.35.